The maximum atomic E-state index is 13.2. The number of piperidine rings is 1. The molecule has 1 aliphatic heterocycles. The molecule has 0 spiro atoms. The Morgan fingerprint density at radius 2 is 1.94 bits per heavy atom. The SMILES string of the molecule is COc1ccc(S(=O)(=O)N2CCCC(C(=O)Nc3sccc3-c3nc4ccccc4s3)C2)cc1. The van der Waals surface area contributed by atoms with Crippen LogP contribution >= 0.6 is 22.7 Å². The number of ether oxygens (including phenoxy) is 1. The van der Waals surface area contributed by atoms with Crippen molar-refractivity contribution in [1.82, 2.24) is 9.29 Å². The van der Waals surface area contributed by atoms with Crippen molar-refractivity contribution in [3.8, 4) is 16.3 Å². The Bertz CT molecular complexity index is 1390. The molecular formula is C24H23N3O4S3. The standard InChI is InChI=1S/C24H23N3O4S3/c1-31-17-8-10-18(11-9-17)34(29,30)27-13-4-5-16(15-27)22(28)26-23-19(12-14-32-23)24-25-20-6-2-3-7-21(20)33-24/h2-3,6-12,14,16H,4-5,13,15H2,1H3,(H,26,28). The number of hydrogen-bond donors (Lipinski definition) is 1. The van der Waals surface area contributed by atoms with Crippen molar-refractivity contribution in [3.05, 3.63) is 60.0 Å². The number of carbonyl (C=O) groups excluding carboxylic acids is 1. The highest BCUT2D eigenvalue weighted by molar-refractivity contribution is 7.89. The second-order valence-corrected chi connectivity index (χ2v) is 11.9. The molecule has 10 heteroatoms. The van der Waals surface area contributed by atoms with Crippen LogP contribution in [0.5, 0.6) is 5.75 Å². The fourth-order valence-electron chi connectivity index (χ4n) is 4.05. The van der Waals surface area contributed by atoms with Gasteiger partial charge in [-0.2, -0.15) is 4.31 Å². The Balaban J connectivity index is 1.31. The number of sulfonamides is 1. The van der Waals surface area contributed by atoms with Gasteiger partial charge in [0.2, 0.25) is 15.9 Å². The Morgan fingerprint density at radius 3 is 2.71 bits per heavy atom. The quantitative estimate of drug-likeness (QED) is 0.389. The Morgan fingerprint density at radius 1 is 1.15 bits per heavy atom. The second-order valence-electron chi connectivity index (χ2n) is 8.02. The van der Waals surface area contributed by atoms with Gasteiger partial charge in [-0.05, 0) is 60.7 Å². The van der Waals surface area contributed by atoms with Crippen LogP contribution in [-0.4, -0.2) is 43.8 Å². The predicted molar refractivity (Wildman–Crippen MR) is 136 cm³/mol. The molecule has 0 bridgehead atoms. The summed E-state index contributed by atoms with van der Waals surface area (Å²) in [5.74, 6) is 0.00117. The molecule has 176 valence electrons. The van der Waals surface area contributed by atoms with Crippen molar-refractivity contribution >= 4 is 53.8 Å². The smallest absolute Gasteiger partial charge is 0.243 e. The summed E-state index contributed by atoms with van der Waals surface area (Å²) in [4.78, 5) is 18.1. The van der Waals surface area contributed by atoms with Gasteiger partial charge in [0.25, 0.3) is 0 Å². The van der Waals surface area contributed by atoms with Gasteiger partial charge >= 0.3 is 0 Å². The first-order valence-corrected chi connectivity index (χ1v) is 14.0. The molecular weight excluding hydrogens is 490 g/mol. The van der Waals surface area contributed by atoms with Gasteiger partial charge in [-0.1, -0.05) is 12.1 Å². The van der Waals surface area contributed by atoms with E-state index in [-0.39, 0.29) is 17.3 Å². The number of aromatic nitrogens is 1. The lowest BCUT2D eigenvalue weighted by Gasteiger charge is -2.31. The lowest BCUT2D eigenvalue weighted by Crippen LogP contribution is -2.43. The molecule has 7 nitrogen and oxygen atoms in total. The highest BCUT2D eigenvalue weighted by Crippen LogP contribution is 2.38. The van der Waals surface area contributed by atoms with Crippen molar-refractivity contribution in [3.63, 3.8) is 0 Å². The number of benzene rings is 2. The predicted octanol–water partition coefficient (Wildman–Crippen LogP) is 5.07. The number of rotatable bonds is 6. The zero-order valence-electron chi connectivity index (χ0n) is 18.4. The van der Waals surface area contributed by atoms with E-state index in [1.165, 1.54) is 34.9 Å². The average molecular weight is 514 g/mol. The Kier molecular flexibility index (Phi) is 6.39. The van der Waals surface area contributed by atoms with Crippen LogP contribution in [0.2, 0.25) is 0 Å². The third-order valence-electron chi connectivity index (χ3n) is 5.88. The van der Waals surface area contributed by atoms with E-state index in [0.717, 1.165) is 25.8 Å². The topological polar surface area (TPSA) is 88.6 Å². The van der Waals surface area contributed by atoms with Crippen LogP contribution in [-0.2, 0) is 14.8 Å². The number of amides is 1. The number of thiazole rings is 1. The van der Waals surface area contributed by atoms with E-state index in [1.807, 2.05) is 35.7 Å². The molecule has 3 heterocycles. The molecule has 2 aromatic carbocycles. The summed E-state index contributed by atoms with van der Waals surface area (Å²) in [6.45, 7) is 0.552. The zero-order chi connectivity index (χ0) is 23.7. The van der Waals surface area contributed by atoms with E-state index in [2.05, 4.69) is 5.32 Å². The number of hydrogen-bond acceptors (Lipinski definition) is 7. The number of nitrogens with one attached hydrogen (secondary N) is 1. The summed E-state index contributed by atoms with van der Waals surface area (Å²) in [5.41, 5.74) is 1.82. The van der Waals surface area contributed by atoms with Crippen LogP contribution in [0.3, 0.4) is 0 Å². The highest BCUT2D eigenvalue weighted by atomic mass is 32.2. The number of para-hydroxylation sites is 1. The normalized spacial score (nSPS) is 17.0. The molecule has 0 saturated carbocycles. The summed E-state index contributed by atoms with van der Waals surface area (Å²) in [5, 5.41) is 6.55. The average Bonchev–Trinajstić information content (AvgIpc) is 3.50. The Hall–Kier alpha value is -2.79. The van der Waals surface area contributed by atoms with E-state index in [9.17, 15) is 13.2 Å². The number of anilines is 1. The minimum atomic E-state index is -3.69. The van der Waals surface area contributed by atoms with Crippen molar-refractivity contribution in [2.75, 3.05) is 25.5 Å². The lowest BCUT2D eigenvalue weighted by atomic mass is 9.99. The summed E-state index contributed by atoms with van der Waals surface area (Å²) in [6, 6.07) is 16.2. The van der Waals surface area contributed by atoms with Gasteiger partial charge < -0.3 is 10.1 Å². The first-order valence-electron chi connectivity index (χ1n) is 10.8. The van der Waals surface area contributed by atoms with Crippen molar-refractivity contribution < 1.29 is 17.9 Å². The summed E-state index contributed by atoms with van der Waals surface area (Å²) >= 11 is 3.03. The zero-order valence-corrected chi connectivity index (χ0v) is 20.9. The molecule has 5 rings (SSSR count). The minimum absolute atomic E-state index is 0.155. The molecule has 1 aliphatic rings. The first-order chi connectivity index (χ1) is 16.5. The van der Waals surface area contributed by atoms with Crippen molar-refractivity contribution in [2.45, 2.75) is 17.7 Å². The Labute approximate surface area is 206 Å². The third-order valence-corrected chi connectivity index (χ3v) is 9.66. The molecule has 34 heavy (non-hydrogen) atoms. The largest absolute Gasteiger partial charge is 0.497 e. The fraction of sp³-hybridized carbons (Fsp3) is 0.250. The van der Waals surface area contributed by atoms with Gasteiger partial charge in [0.15, 0.2) is 0 Å². The second kappa shape index (κ2) is 9.46. The minimum Gasteiger partial charge on any atom is -0.497 e. The van der Waals surface area contributed by atoms with Crippen molar-refractivity contribution in [2.24, 2.45) is 5.92 Å². The molecule has 2 aromatic heterocycles. The fourth-order valence-corrected chi connectivity index (χ4v) is 7.42. The number of methoxy groups -OCH3 is 1. The molecule has 1 amide bonds. The first kappa shape index (κ1) is 23.0. The molecule has 1 atom stereocenters. The van der Waals surface area contributed by atoms with E-state index >= 15 is 0 Å². The lowest BCUT2D eigenvalue weighted by molar-refractivity contribution is -0.120. The van der Waals surface area contributed by atoms with Crippen LogP contribution in [0, 0.1) is 5.92 Å². The van der Waals surface area contributed by atoms with Crippen LogP contribution in [0.15, 0.2) is 64.9 Å². The van der Waals surface area contributed by atoms with Crippen LogP contribution in [0.25, 0.3) is 20.8 Å². The molecule has 0 radical (unpaired) electrons. The van der Waals surface area contributed by atoms with Crippen LogP contribution in [0.4, 0.5) is 5.00 Å². The summed E-state index contributed by atoms with van der Waals surface area (Å²) in [6.07, 6.45) is 1.27. The maximum absolute atomic E-state index is 13.2. The van der Waals surface area contributed by atoms with Gasteiger partial charge in [-0.25, -0.2) is 13.4 Å². The molecule has 1 N–H and O–H groups in total. The number of fused-ring (bicyclic) bond motifs is 1. The van der Waals surface area contributed by atoms with Crippen molar-refractivity contribution in [1.29, 1.82) is 0 Å². The molecule has 1 unspecified atom stereocenters. The maximum Gasteiger partial charge on any atom is 0.243 e. The van der Waals surface area contributed by atoms with E-state index < -0.39 is 15.9 Å². The third kappa shape index (κ3) is 4.46. The van der Waals surface area contributed by atoms with E-state index in [1.54, 1.807) is 23.5 Å². The van der Waals surface area contributed by atoms with Gasteiger partial charge in [-0.3, -0.25) is 4.79 Å². The van der Waals surface area contributed by atoms with Crippen LogP contribution < -0.4 is 10.1 Å². The van der Waals surface area contributed by atoms with E-state index in [0.29, 0.717) is 25.1 Å². The number of thiophene rings is 1. The van der Waals surface area contributed by atoms with E-state index in [4.69, 9.17) is 9.72 Å². The summed E-state index contributed by atoms with van der Waals surface area (Å²) < 4.78 is 33.9. The molecule has 4 aromatic rings. The number of carbonyl (C=O) groups is 1. The van der Waals surface area contributed by atoms with Gasteiger partial charge in [-0.15, -0.1) is 22.7 Å². The molecule has 1 fully saturated rings. The van der Waals surface area contributed by atoms with Gasteiger partial charge in [0.05, 0.1) is 28.1 Å². The van der Waals surface area contributed by atoms with Crippen LogP contribution in [0.1, 0.15) is 12.8 Å². The monoisotopic (exact) mass is 513 g/mol. The highest BCUT2D eigenvalue weighted by Gasteiger charge is 2.33. The van der Waals surface area contributed by atoms with Gasteiger partial charge in [0, 0.05) is 18.7 Å². The summed E-state index contributed by atoms with van der Waals surface area (Å²) in [7, 11) is -2.15. The van der Waals surface area contributed by atoms with Gasteiger partial charge in [0.1, 0.15) is 15.8 Å². The molecule has 1 saturated heterocycles. The number of nitrogens with zero attached hydrogens (tertiary/aromatic N) is 2. The molecule has 0 aliphatic carbocycles.